The molecule has 3 N–H and O–H groups in total. The van der Waals surface area contributed by atoms with Crippen LogP contribution in [0.3, 0.4) is 0 Å². The zero-order valence-corrected chi connectivity index (χ0v) is 5.14. The van der Waals surface area contributed by atoms with Gasteiger partial charge >= 0.3 is 0 Å². The molecule has 0 saturated heterocycles. The Bertz CT molecular complexity index is 241. The topological polar surface area (TPSA) is 58.9 Å². The second kappa shape index (κ2) is 1.93. The Morgan fingerprint density at radius 3 is 2.67 bits per heavy atom. The highest BCUT2D eigenvalue weighted by Gasteiger charge is 1.87. The Morgan fingerprint density at radius 1 is 1.56 bits per heavy atom. The van der Waals surface area contributed by atoms with Crippen molar-refractivity contribution in [2.75, 3.05) is 5.73 Å². The highest BCUT2D eigenvalue weighted by atomic mass is 16.1. The lowest BCUT2D eigenvalue weighted by molar-refractivity contribution is 1.22. The van der Waals surface area contributed by atoms with Gasteiger partial charge in [0.25, 0.3) is 0 Å². The molecule has 0 aliphatic carbocycles. The molecule has 1 aromatic heterocycles. The number of nitrogen functional groups attached to an aromatic ring is 1. The predicted octanol–water partition coefficient (Wildman–Crippen LogP) is 0.266. The Morgan fingerprint density at radius 2 is 2.22 bits per heavy atom. The molecule has 0 aliphatic rings. The molecule has 48 valence electrons. The number of pyridine rings is 1. The maximum atomic E-state index is 10.6. The summed E-state index contributed by atoms with van der Waals surface area (Å²) in [7, 11) is 0. The molecule has 1 rings (SSSR count). The van der Waals surface area contributed by atoms with Crippen molar-refractivity contribution in [3.8, 4) is 0 Å². The van der Waals surface area contributed by atoms with E-state index in [-0.39, 0.29) is 5.56 Å². The summed E-state index contributed by atoms with van der Waals surface area (Å²) in [5.74, 6) is 0.417. The molecule has 3 nitrogen and oxygen atoms in total. The molecule has 0 saturated carbocycles. The van der Waals surface area contributed by atoms with Crippen molar-refractivity contribution in [3.63, 3.8) is 0 Å². The van der Waals surface area contributed by atoms with E-state index in [1.54, 1.807) is 6.07 Å². The molecule has 1 aromatic rings. The van der Waals surface area contributed by atoms with Gasteiger partial charge in [0.15, 0.2) is 0 Å². The quantitative estimate of drug-likeness (QED) is 0.521. The SMILES string of the molecule is Cc1cc(N)[nH]c(=O)c1. The van der Waals surface area contributed by atoms with E-state index in [0.29, 0.717) is 5.82 Å². The van der Waals surface area contributed by atoms with Gasteiger partial charge < -0.3 is 10.7 Å². The number of hydrogen-bond acceptors (Lipinski definition) is 2. The van der Waals surface area contributed by atoms with Crippen LogP contribution in [0.4, 0.5) is 5.82 Å². The van der Waals surface area contributed by atoms with Gasteiger partial charge in [0.2, 0.25) is 5.56 Å². The van der Waals surface area contributed by atoms with Crippen LogP contribution >= 0.6 is 0 Å². The number of nitrogens with two attached hydrogens (primary N) is 1. The lowest BCUT2D eigenvalue weighted by Crippen LogP contribution is -2.07. The van der Waals surface area contributed by atoms with E-state index in [0.717, 1.165) is 5.56 Å². The summed E-state index contributed by atoms with van der Waals surface area (Å²) in [4.78, 5) is 13.0. The van der Waals surface area contributed by atoms with E-state index in [1.807, 2.05) is 6.92 Å². The molecule has 3 heteroatoms. The summed E-state index contributed by atoms with van der Waals surface area (Å²) in [5.41, 5.74) is 6.04. The number of aromatic nitrogens is 1. The van der Waals surface area contributed by atoms with Gasteiger partial charge in [-0.15, -0.1) is 0 Å². The molecule has 0 fully saturated rings. The maximum Gasteiger partial charge on any atom is 0.249 e. The number of hydrogen-bond donors (Lipinski definition) is 2. The van der Waals surface area contributed by atoms with Gasteiger partial charge in [0, 0.05) is 6.07 Å². The Labute approximate surface area is 52.5 Å². The Balaban J connectivity index is 3.33. The minimum atomic E-state index is -0.146. The number of nitrogens with one attached hydrogen (secondary N) is 1. The summed E-state index contributed by atoms with van der Waals surface area (Å²) in [6, 6.07) is 3.21. The average Bonchev–Trinajstić information content (AvgIpc) is 1.59. The van der Waals surface area contributed by atoms with Crippen LogP contribution in [0.1, 0.15) is 5.56 Å². The second-order valence-electron chi connectivity index (χ2n) is 1.98. The first-order chi connectivity index (χ1) is 4.18. The monoisotopic (exact) mass is 124 g/mol. The number of H-pyrrole nitrogens is 1. The maximum absolute atomic E-state index is 10.6. The first-order valence-electron chi connectivity index (χ1n) is 2.65. The third-order valence-corrected chi connectivity index (χ3v) is 1.01. The Kier molecular flexibility index (Phi) is 1.26. The van der Waals surface area contributed by atoms with Gasteiger partial charge in [0.05, 0.1) is 0 Å². The molecule has 1 heterocycles. The van der Waals surface area contributed by atoms with Gasteiger partial charge in [-0.2, -0.15) is 0 Å². The molecule has 0 spiro atoms. The predicted molar refractivity (Wildman–Crippen MR) is 36.2 cm³/mol. The molecule has 0 amide bonds. The van der Waals surface area contributed by atoms with Crippen LogP contribution in [0.2, 0.25) is 0 Å². The molecule has 0 aliphatic heterocycles. The zero-order chi connectivity index (χ0) is 6.85. The van der Waals surface area contributed by atoms with Crippen LogP contribution in [0.5, 0.6) is 0 Å². The fraction of sp³-hybridized carbons (Fsp3) is 0.167. The molecule has 0 unspecified atom stereocenters. The van der Waals surface area contributed by atoms with Crippen molar-refractivity contribution >= 4 is 5.82 Å². The fourth-order valence-electron chi connectivity index (χ4n) is 0.708. The van der Waals surface area contributed by atoms with Gasteiger partial charge in [-0.3, -0.25) is 4.79 Å². The summed E-state index contributed by atoms with van der Waals surface area (Å²) >= 11 is 0. The third kappa shape index (κ3) is 1.32. The lowest BCUT2D eigenvalue weighted by Gasteiger charge is -1.91. The second-order valence-corrected chi connectivity index (χ2v) is 1.98. The van der Waals surface area contributed by atoms with E-state index in [9.17, 15) is 4.79 Å². The minimum Gasteiger partial charge on any atom is -0.385 e. The van der Waals surface area contributed by atoms with Crippen molar-refractivity contribution in [1.29, 1.82) is 0 Å². The van der Waals surface area contributed by atoms with Crippen LogP contribution in [0.25, 0.3) is 0 Å². The molecule has 0 bridgehead atoms. The summed E-state index contributed by atoms with van der Waals surface area (Å²) in [6.45, 7) is 1.82. The zero-order valence-electron chi connectivity index (χ0n) is 5.14. The summed E-state index contributed by atoms with van der Waals surface area (Å²) < 4.78 is 0. The highest BCUT2D eigenvalue weighted by molar-refractivity contribution is 5.30. The minimum absolute atomic E-state index is 0.146. The third-order valence-electron chi connectivity index (χ3n) is 1.01. The van der Waals surface area contributed by atoms with Crippen molar-refractivity contribution < 1.29 is 0 Å². The molecule has 0 aromatic carbocycles. The van der Waals surface area contributed by atoms with E-state index in [4.69, 9.17) is 5.73 Å². The van der Waals surface area contributed by atoms with Gasteiger partial charge in [0.1, 0.15) is 5.82 Å². The largest absolute Gasteiger partial charge is 0.385 e. The molecular weight excluding hydrogens is 116 g/mol. The fourth-order valence-corrected chi connectivity index (χ4v) is 0.708. The molecule has 0 radical (unpaired) electrons. The van der Waals surface area contributed by atoms with Crippen molar-refractivity contribution in [1.82, 2.24) is 4.98 Å². The summed E-state index contributed by atoms with van der Waals surface area (Å²) in [6.07, 6.45) is 0. The van der Waals surface area contributed by atoms with E-state index in [2.05, 4.69) is 4.98 Å². The smallest absolute Gasteiger partial charge is 0.249 e. The summed E-state index contributed by atoms with van der Waals surface area (Å²) in [5, 5.41) is 0. The molecule has 0 atom stereocenters. The van der Waals surface area contributed by atoms with Crippen molar-refractivity contribution in [2.24, 2.45) is 0 Å². The normalized spacial score (nSPS) is 9.44. The van der Waals surface area contributed by atoms with Gasteiger partial charge in [-0.05, 0) is 18.6 Å². The van der Waals surface area contributed by atoms with Gasteiger partial charge in [-0.1, -0.05) is 0 Å². The van der Waals surface area contributed by atoms with E-state index >= 15 is 0 Å². The van der Waals surface area contributed by atoms with Crippen molar-refractivity contribution in [2.45, 2.75) is 6.92 Å². The average molecular weight is 124 g/mol. The van der Waals surface area contributed by atoms with E-state index in [1.165, 1.54) is 6.07 Å². The van der Waals surface area contributed by atoms with Crippen molar-refractivity contribution in [3.05, 3.63) is 28.0 Å². The van der Waals surface area contributed by atoms with Crippen LogP contribution in [-0.4, -0.2) is 4.98 Å². The first kappa shape index (κ1) is 5.88. The number of aryl methyl sites for hydroxylation is 1. The number of anilines is 1. The van der Waals surface area contributed by atoms with Crippen LogP contribution < -0.4 is 11.3 Å². The molecular formula is C6H8N2O. The first-order valence-corrected chi connectivity index (χ1v) is 2.65. The Hall–Kier alpha value is -1.25. The van der Waals surface area contributed by atoms with Crippen LogP contribution in [0, 0.1) is 6.92 Å². The van der Waals surface area contributed by atoms with Crippen LogP contribution in [-0.2, 0) is 0 Å². The number of rotatable bonds is 0. The molecule has 9 heavy (non-hydrogen) atoms. The van der Waals surface area contributed by atoms with Crippen LogP contribution in [0.15, 0.2) is 16.9 Å². The lowest BCUT2D eigenvalue weighted by atomic mass is 10.3. The van der Waals surface area contributed by atoms with E-state index < -0.39 is 0 Å². The highest BCUT2D eigenvalue weighted by Crippen LogP contribution is 1.95. The standard InChI is InChI=1S/C6H8N2O/c1-4-2-5(7)8-6(9)3-4/h2-3H,1H3,(H3,7,8,9). The van der Waals surface area contributed by atoms with Gasteiger partial charge in [-0.25, -0.2) is 0 Å². The number of aromatic amines is 1.